The SMILES string of the molecule is C=CC(C)(N)c1ccccc1F. The minimum absolute atomic E-state index is 0.289. The molecule has 2 N–H and O–H groups in total. The van der Waals surface area contributed by atoms with Gasteiger partial charge in [-0.25, -0.2) is 4.39 Å². The van der Waals surface area contributed by atoms with Gasteiger partial charge in [-0.2, -0.15) is 0 Å². The van der Waals surface area contributed by atoms with Crippen LogP contribution in [0.15, 0.2) is 36.9 Å². The van der Waals surface area contributed by atoms with Crippen LogP contribution in [0, 0.1) is 5.82 Å². The van der Waals surface area contributed by atoms with Crippen molar-refractivity contribution < 1.29 is 4.39 Å². The van der Waals surface area contributed by atoms with E-state index in [1.54, 1.807) is 25.1 Å². The fourth-order valence-electron chi connectivity index (χ4n) is 1.01. The van der Waals surface area contributed by atoms with E-state index in [1.165, 1.54) is 12.1 Å². The quantitative estimate of drug-likeness (QED) is 0.668. The zero-order valence-corrected chi connectivity index (χ0v) is 7.05. The second kappa shape index (κ2) is 3.07. The molecule has 2 heteroatoms. The van der Waals surface area contributed by atoms with Gasteiger partial charge in [0.05, 0.1) is 5.54 Å². The van der Waals surface area contributed by atoms with E-state index in [0.717, 1.165) is 0 Å². The van der Waals surface area contributed by atoms with E-state index >= 15 is 0 Å². The normalized spacial score (nSPS) is 15.2. The smallest absolute Gasteiger partial charge is 0.128 e. The Morgan fingerprint density at radius 1 is 1.50 bits per heavy atom. The summed E-state index contributed by atoms with van der Waals surface area (Å²) in [7, 11) is 0. The van der Waals surface area contributed by atoms with Gasteiger partial charge in [-0.3, -0.25) is 0 Å². The summed E-state index contributed by atoms with van der Waals surface area (Å²) in [5, 5.41) is 0. The third-order valence-corrected chi connectivity index (χ3v) is 1.88. The molecule has 0 fully saturated rings. The Kier molecular flexibility index (Phi) is 2.29. The second-order valence-corrected chi connectivity index (χ2v) is 2.97. The van der Waals surface area contributed by atoms with E-state index in [2.05, 4.69) is 6.58 Å². The number of halogens is 1. The molecule has 0 saturated carbocycles. The monoisotopic (exact) mass is 165 g/mol. The molecule has 64 valence electrons. The lowest BCUT2D eigenvalue weighted by Gasteiger charge is -2.20. The van der Waals surface area contributed by atoms with Gasteiger partial charge >= 0.3 is 0 Å². The van der Waals surface area contributed by atoms with Crippen LogP contribution in [-0.4, -0.2) is 0 Å². The summed E-state index contributed by atoms with van der Waals surface area (Å²) in [4.78, 5) is 0. The van der Waals surface area contributed by atoms with Gasteiger partial charge in [0.2, 0.25) is 0 Å². The van der Waals surface area contributed by atoms with E-state index in [9.17, 15) is 4.39 Å². The first kappa shape index (κ1) is 8.94. The largest absolute Gasteiger partial charge is 0.318 e. The average Bonchev–Trinajstić information content (AvgIpc) is 2.05. The van der Waals surface area contributed by atoms with Crippen LogP contribution in [0.3, 0.4) is 0 Å². The molecular weight excluding hydrogens is 153 g/mol. The van der Waals surface area contributed by atoms with Gasteiger partial charge in [0, 0.05) is 5.56 Å². The van der Waals surface area contributed by atoms with Crippen LogP contribution in [0.4, 0.5) is 4.39 Å². The van der Waals surface area contributed by atoms with Gasteiger partial charge in [0.25, 0.3) is 0 Å². The zero-order valence-electron chi connectivity index (χ0n) is 7.05. The standard InChI is InChI=1S/C10H12FN/c1-3-10(2,12)8-6-4-5-7-9(8)11/h3-7H,1,12H2,2H3. The highest BCUT2D eigenvalue weighted by atomic mass is 19.1. The molecule has 0 radical (unpaired) electrons. The lowest BCUT2D eigenvalue weighted by molar-refractivity contribution is 0.544. The van der Waals surface area contributed by atoms with Crippen LogP contribution in [0.2, 0.25) is 0 Å². The summed E-state index contributed by atoms with van der Waals surface area (Å²) in [5.74, 6) is -0.289. The maximum absolute atomic E-state index is 13.1. The topological polar surface area (TPSA) is 26.0 Å². The molecular formula is C10H12FN. The summed E-state index contributed by atoms with van der Waals surface area (Å²) in [6, 6.07) is 6.45. The predicted molar refractivity (Wildman–Crippen MR) is 48.1 cm³/mol. The van der Waals surface area contributed by atoms with E-state index in [1.807, 2.05) is 0 Å². The maximum Gasteiger partial charge on any atom is 0.128 e. The van der Waals surface area contributed by atoms with Crippen molar-refractivity contribution in [3.8, 4) is 0 Å². The molecule has 0 heterocycles. The van der Waals surface area contributed by atoms with Crippen molar-refractivity contribution in [3.63, 3.8) is 0 Å². The van der Waals surface area contributed by atoms with Crippen molar-refractivity contribution in [2.45, 2.75) is 12.5 Å². The molecule has 1 atom stereocenters. The minimum Gasteiger partial charge on any atom is -0.318 e. The van der Waals surface area contributed by atoms with Crippen LogP contribution in [0.25, 0.3) is 0 Å². The van der Waals surface area contributed by atoms with Crippen molar-refractivity contribution in [1.29, 1.82) is 0 Å². The lowest BCUT2D eigenvalue weighted by atomic mass is 9.93. The molecule has 1 unspecified atom stereocenters. The Hall–Kier alpha value is -1.15. The van der Waals surface area contributed by atoms with E-state index in [-0.39, 0.29) is 5.82 Å². The molecule has 1 rings (SSSR count). The first-order valence-corrected chi connectivity index (χ1v) is 3.75. The van der Waals surface area contributed by atoms with Crippen molar-refractivity contribution in [1.82, 2.24) is 0 Å². The highest BCUT2D eigenvalue weighted by Crippen LogP contribution is 2.21. The predicted octanol–water partition coefficient (Wildman–Crippen LogP) is 2.19. The molecule has 0 amide bonds. The van der Waals surface area contributed by atoms with Crippen molar-refractivity contribution >= 4 is 0 Å². The highest BCUT2D eigenvalue weighted by molar-refractivity contribution is 5.28. The Balaban J connectivity index is 3.19. The van der Waals surface area contributed by atoms with Crippen molar-refractivity contribution in [2.24, 2.45) is 5.73 Å². The lowest BCUT2D eigenvalue weighted by Crippen LogP contribution is -2.31. The fraction of sp³-hybridized carbons (Fsp3) is 0.200. The van der Waals surface area contributed by atoms with Crippen molar-refractivity contribution in [2.75, 3.05) is 0 Å². The van der Waals surface area contributed by atoms with Gasteiger partial charge < -0.3 is 5.73 Å². The van der Waals surface area contributed by atoms with Gasteiger partial charge in [-0.1, -0.05) is 24.3 Å². The summed E-state index contributed by atoms with van der Waals surface area (Å²) >= 11 is 0. The molecule has 0 saturated heterocycles. The van der Waals surface area contributed by atoms with E-state index < -0.39 is 5.54 Å². The van der Waals surface area contributed by atoms with Gasteiger partial charge in [-0.15, -0.1) is 6.58 Å². The molecule has 0 bridgehead atoms. The van der Waals surface area contributed by atoms with Gasteiger partial charge in [0.1, 0.15) is 5.82 Å². The van der Waals surface area contributed by atoms with Crippen molar-refractivity contribution in [3.05, 3.63) is 48.3 Å². The number of hydrogen-bond acceptors (Lipinski definition) is 1. The summed E-state index contributed by atoms with van der Waals surface area (Å²) in [6.45, 7) is 5.28. The Morgan fingerprint density at radius 3 is 2.58 bits per heavy atom. The Bertz CT molecular complexity index is 292. The fourth-order valence-corrected chi connectivity index (χ4v) is 1.01. The first-order chi connectivity index (χ1) is 5.58. The van der Waals surface area contributed by atoms with Crippen LogP contribution in [0.1, 0.15) is 12.5 Å². The van der Waals surface area contributed by atoms with Crippen LogP contribution >= 0.6 is 0 Å². The molecule has 12 heavy (non-hydrogen) atoms. The molecule has 0 aromatic heterocycles. The molecule has 0 aliphatic carbocycles. The third-order valence-electron chi connectivity index (χ3n) is 1.88. The molecule has 0 spiro atoms. The maximum atomic E-state index is 13.1. The molecule has 1 nitrogen and oxygen atoms in total. The average molecular weight is 165 g/mol. The molecule has 1 aromatic carbocycles. The number of nitrogens with two attached hydrogens (primary N) is 1. The number of rotatable bonds is 2. The number of hydrogen-bond donors (Lipinski definition) is 1. The molecule has 0 aliphatic heterocycles. The first-order valence-electron chi connectivity index (χ1n) is 3.75. The Labute approximate surface area is 71.7 Å². The summed E-state index contributed by atoms with van der Waals surface area (Å²) in [6.07, 6.45) is 1.53. The molecule has 1 aromatic rings. The third kappa shape index (κ3) is 1.53. The van der Waals surface area contributed by atoms with Gasteiger partial charge in [0.15, 0.2) is 0 Å². The highest BCUT2D eigenvalue weighted by Gasteiger charge is 2.19. The van der Waals surface area contributed by atoms with E-state index in [0.29, 0.717) is 5.56 Å². The van der Waals surface area contributed by atoms with Crippen LogP contribution in [0.5, 0.6) is 0 Å². The second-order valence-electron chi connectivity index (χ2n) is 2.97. The van der Waals surface area contributed by atoms with Crippen LogP contribution in [-0.2, 0) is 5.54 Å². The van der Waals surface area contributed by atoms with E-state index in [4.69, 9.17) is 5.73 Å². The summed E-state index contributed by atoms with van der Waals surface area (Å²) < 4.78 is 13.1. The minimum atomic E-state index is -0.786. The van der Waals surface area contributed by atoms with Crippen LogP contribution < -0.4 is 5.73 Å². The molecule has 0 aliphatic rings. The summed E-state index contributed by atoms with van der Waals surface area (Å²) in [5.41, 5.74) is 5.47. The Morgan fingerprint density at radius 2 is 2.08 bits per heavy atom. The number of benzene rings is 1. The zero-order chi connectivity index (χ0) is 9.19. The van der Waals surface area contributed by atoms with Gasteiger partial charge in [-0.05, 0) is 13.0 Å².